The van der Waals surface area contributed by atoms with Crippen molar-refractivity contribution in [1.82, 2.24) is 25.6 Å². The van der Waals surface area contributed by atoms with E-state index in [0.29, 0.717) is 17.9 Å². The van der Waals surface area contributed by atoms with E-state index >= 15 is 0 Å². The van der Waals surface area contributed by atoms with Crippen molar-refractivity contribution in [1.29, 1.82) is 0 Å². The molecule has 134 valence electrons. The number of aromatic amines is 1. The predicted molar refractivity (Wildman–Crippen MR) is 101 cm³/mol. The normalized spacial score (nSPS) is 10.6. The van der Waals surface area contributed by atoms with Gasteiger partial charge in [0.1, 0.15) is 16.4 Å². The summed E-state index contributed by atoms with van der Waals surface area (Å²) in [6.07, 6.45) is 1.62. The van der Waals surface area contributed by atoms with Crippen molar-refractivity contribution in [2.24, 2.45) is 0 Å². The SMILES string of the molecule is Cc1nn(Cc2ccccc2)c(Cl)c1C(=O)NNC(=O)c1cc(Br)c[nH]1. The number of aromatic nitrogens is 3. The van der Waals surface area contributed by atoms with E-state index in [0.717, 1.165) is 10.0 Å². The topological polar surface area (TPSA) is 91.8 Å². The number of nitrogens with zero attached hydrogens (tertiary/aromatic N) is 2. The molecule has 0 unspecified atom stereocenters. The summed E-state index contributed by atoms with van der Waals surface area (Å²) in [4.78, 5) is 27.2. The predicted octanol–water partition coefficient (Wildman–Crippen LogP) is 3.06. The highest BCUT2D eigenvalue weighted by molar-refractivity contribution is 9.10. The van der Waals surface area contributed by atoms with Crippen molar-refractivity contribution >= 4 is 39.3 Å². The molecule has 0 fully saturated rings. The largest absolute Gasteiger partial charge is 0.356 e. The van der Waals surface area contributed by atoms with E-state index in [1.54, 1.807) is 23.9 Å². The van der Waals surface area contributed by atoms with E-state index < -0.39 is 11.8 Å². The van der Waals surface area contributed by atoms with E-state index in [4.69, 9.17) is 11.6 Å². The van der Waals surface area contributed by atoms with Crippen LogP contribution in [0.15, 0.2) is 47.1 Å². The molecule has 0 saturated heterocycles. The van der Waals surface area contributed by atoms with Crippen LogP contribution in [0.2, 0.25) is 5.15 Å². The van der Waals surface area contributed by atoms with Crippen LogP contribution in [0.3, 0.4) is 0 Å². The molecule has 9 heteroatoms. The molecule has 0 atom stereocenters. The molecule has 2 amide bonds. The summed E-state index contributed by atoms with van der Waals surface area (Å²) in [6.45, 7) is 2.13. The Hall–Kier alpha value is -2.58. The van der Waals surface area contributed by atoms with Gasteiger partial charge in [0.15, 0.2) is 0 Å². The minimum atomic E-state index is -0.536. The first kappa shape index (κ1) is 18.2. The van der Waals surface area contributed by atoms with E-state index in [2.05, 4.69) is 36.9 Å². The maximum absolute atomic E-state index is 12.4. The number of carbonyl (C=O) groups is 2. The second-order valence-electron chi connectivity index (χ2n) is 5.53. The van der Waals surface area contributed by atoms with Crippen LogP contribution in [0, 0.1) is 6.92 Å². The molecule has 1 aromatic carbocycles. The average Bonchev–Trinajstić information content (AvgIpc) is 3.17. The number of halogens is 2. The number of carbonyl (C=O) groups excluding carboxylic acids is 2. The zero-order valence-electron chi connectivity index (χ0n) is 13.7. The number of hydrogen-bond acceptors (Lipinski definition) is 3. The van der Waals surface area contributed by atoms with Gasteiger partial charge in [0.05, 0.1) is 12.2 Å². The first-order valence-corrected chi connectivity index (χ1v) is 8.84. The zero-order valence-corrected chi connectivity index (χ0v) is 16.1. The quantitative estimate of drug-likeness (QED) is 0.549. The summed E-state index contributed by atoms with van der Waals surface area (Å²) < 4.78 is 2.28. The van der Waals surface area contributed by atoms with Crippen molar-refractivity contribution in [3.05, 3.63) is 74.7 Å². The van der Waals surface area contributed by atoms with Crippen molar-refractivity contribution in [2.75, 3.05) is 0 Å². The third kappa shape index (κ3) is 3.97. The van der Waals surface area contributed by atoms with Gasteiger partial charge in [-0.2, -0.15) is 5.10 Å². The maximum atomic E-state index is 12.4. The molecule has 3 rings (SSSR count). The Bertz CT molecular complexity index is 951. The first-order chi connectivity index (χ1) is 12.5. The maximum Gasteiger partial charge on any atom is 0.286 e. The van der Waals surface area contributed by atoms with Crippen molar-refractivity contribution in [3.63, 3.8) is 0 Å². The summed E-state index contributed by atoms with van der Waals surface area (Å²) >= 11 is 9.56. The third-order valence-electron chi connectivity index (χ3n) is 3.65. The van der Waals surface area contributed by atoms with Gasteiger partial charge in [-0.1, -0.05) is 41.9 Å². The Morgan fingerprint density at radius 3 is 2.58 bits per heavy atom. The van der Waals surface area contributed by atoms with Crippen LogP contribution in [0.1, 0.15) is 32.1 Å². The molecule has 3 aromatic rings. The smallest absolute Gasteiger partial charge is 0.286 e. The fraction of sp³-hybridized carbons (Fsp3) is 0.118. The number of H-pyrrole nitrogens is 1. The number of aryl methyl sites for hydroxylation is 1. The standard InChI is InChI=1S/C17H15BrClN5O2/c1-10-14(15(19)24(23-10)9-11-5-3-2-4-6-11)17(26)22-21-16(25)13-7-12(18)8-20-13/h2-8,20H,9H2,1H3,(H,21,25)(H,22,26). The lowest BCUT2D eigenvalue weighted by Gasteiger charge is -2.07. The van der Waals surface area contributed by atoms with Gasteiger partial charge in [-0.05, 0) is 34.5 Å². The van der Waals surface area contributed by atoms with Crippen molar-refractivity contribution in [2.45, 2.75) is 13.5 Å². The Balaban J connectivity index is 1.70. The van der Waals surface area contributed by atoms with E-state index in [1.807, 2.05) is 30.3 Å². The van der Waals surface area contributed by atoms with Gasteiger partial charge in [-0.25, -0.2) is 4.68 Å². The van der Waals surface area contributed by atoms with Gasteiger partial charge in [0.2, 0.25) is 0 Å². The van der Waals surface area contributed by atoms with Crippen molar-refractivity contribution < 1.29 is 9.59 Å². The Morgan fingerprint density at radius 1 is 1.23 bits per heavy atom. The number of hydrazine groups is 1. The Labute approximate surface area is 162 Å². The Morgan fingerprint density at radius 2 is 1.92 bits per heavy atom. The number of hydrogen-bond donors (Lipinski definition) is 3. The second kappa shape index (κ2) is 7.76. The summed E-state index contributed by atoms with van der Waals surface area (Å²) in [7, 11) is 0. The minimum absolute atomic E-state index is 0.209. The van der Waals surface area contributed by atoms with E-state index in [9.17, 15) is 9.59 Å². The molecule has 0 aliphatic heterocycles. The summed E-state index contributed by atoms with van der Waals surface area (Å²) in [5.74, 6) is -1.01. The number of benzene rings is 1. The molecular formula is C17H15BrClN5O2. The molecule has 0 bridgehead atoms. The molecule has 3 N–H and O–H groups in total. The summed E-state index contributed by atoms with van der Waals surface area (Å²) in [6, 6.07) is 11.2. The first-order valence-electron chi connectivity index (χ1n) is 7.67. The fourth-order valence-electron chi connectivity index (χ4n) is 2.41. The monoisotopic (exact) mass is 435 g/mol. The lowest BCUT2D eigenvalue weighted by Crippen LogP contribution is -2.42. The lowest BCUT2D eigenvalue weighted by molar-refractivity contribution is 0.0844. The molecule has 7 nitrogen and oxygen atoms in total. The zero-order chi connectivity index (χ0) is 18.7. The molecule has 2 aromatic heterocycles. The van der Waals surface area contributed by atoms with Gasteiger partial charge in [0.25, 0.3) is 11.8 Å². The fourth-order valence-corrected chi connectivity index (χ4v) is 3.08. The van der Waals surface area contributed by atoms with Crippen LogP contribution >= 0.6 is 27.5 Å². The van der Waals surface area contributed by atoms with Gasteiger partial charge in [-0.3, -0.25) is 20.4 Å². The molecule has 0 aliphatic carbocycles. The number of rotatable bonds is 4. The van der Waals surface area contributed by atoms with Crippen LogP contribution in [0.4, 0.5) is 0 Å². The highest BCUT2D eigenvalue weighted by Gasteiger charge is 2.21. The van der Waals surface area contributed by atoms with Crippen molar-refractivity contribution in [3.8, 4) is 0 Å². The van der Waals surface area contributed by atoms with Gasteiger partial charge in [-0.15, -0.1) is 0 Å². The number of amides is 2. The van der Waals surface area contributed by atoms with Crippen LogP contribution in [0.25, 0.3) is 0 Å². The Kier molecular flexibility index (Phi) is 5.43. The molecule has 0 aliphatic rings. The second-order valence-corrected chi connectivity index (χ2v) is 6.81. The van der Waals surface area contributed by atoms with Crippen LogP contribution in [-0.2, 0) is 6.54 Å². The molecular weight excluding hydrogens is 422 g/mol. The molecule has 0 radical (unpaired) electrons. The highest BCUT2D eigenvalue weighted by atomic mass is 79.9. The third-order valence-corrected chi connectivity index (χ3v) is 4.49. The minimum Gasteiger partial charge on any atom is -0.356 e. The molecule has 0 saturated carbocycles. The van der Waals surface area contributed by atoms with Crippen LogP contribution in [0.5, 0.6) is 0 Å². The average molecular weight is 437 g/mol. The van der Waals surface area contributed by atoms with E-state index in [-0.39, 0.29) is 10.7 Å². The molecule has 26 heavy (non-hydrogen) atoms. The lowest BCUT2D eigenvalue weighted by atomic mass is 10.2. The summed E-state index contributed by atoms with van der Waals surface area (Å²) in [5, 5.41) is 4.52. The summed E-state index contributed by atoms with van der Waals surface area (Å²) in [5.41, 5.74) is 6.70. The van der Waals surface area contributed by atoms with Gasteiger partial charge < -0.3 is 4.98 Å². The van der Waals surface area contributed by atoms with Crippen LogP contribution in [-0.4, -0.2) is 26.6 Å². The van der Waals surface area contributed by atoms with Crippen LogP contribution < -0.4 is 10.9 Å². The number of nitrogens with one attached hydrogen (secondary N) is 3. The van der Waals surface area contributed by atoms with Gasteiger partial charge >= 0.3 is 0 Å². The van der Waals surface area contributed by atoms with Gasteiger partial charge in [0, 0.05) is 10.7 Å². The molecule has 2 heterocycles. The highest BCUT2D eigenvalue weighted by Crippen LogP contribution is 2.20. The molecule has 0 spiro atoms. The van der Waals surface area contributed by atoms with E-state index in [1.165, 1.54) is 0 Å².